The fourth-order valence-electron chi connectivity index (χ4n) is 2.44. The topological polar surface area (TPSA) is 35.6 Å². The molecule has 0 aliphatic carbocycles. The standard InChI is InChI=1S/C15H21F2N3O/c1-11(20-8-6-19(2)7-9-20)10-18-15(21)14-12(16)4-3-5-13(14)17/h3-5,11H,6-10H2,1-2H3,(H,18,21)/t11-/m1/s1. The van der Waals surface area contributed by atoms with E-state index in [4.69, 9.17) is 0 Å². The summed E-state index contributed by atoms with van der Waals surface area (Å²) in [6.45, 7) is 6.21. The number of halogens is 2. The van der Waals surface area contributed by atoms with Crippen LogP contribution in [-0.4, -0.2) is 61.5 Å². The first-order valence-electron chi connectivity index (χ1n) is 7.14. The average Bonchev–Trinajstić information content (AvgIpc) is 2.45. The van der Waals surface area contributed by atoms with Crippen molar-refractivity contribution in [1.82, 2.24) is 15.1 Å². The van der Waals surface area contributed by atoms with E-state index >= 15 is 0 Å². The number of hydrogen-bond acceptors (Lipinski definition) is 3. The van der Waals surface area contributed by atoms with Gasteiger partial charge < -0.3 is 10.2 Å². The van der Waals surface area contributed by atoms with E-state index in [1.807, 2.05) is 6.92 Å². The molecule has 2 rings (SSSR count). The van der Waals surface area contributed by atoms with Crippen molar-refractivity contribution in [3.05, 3.63) is 35.4 Å². The molecule has 0 aromatic heterocycles. The summed E-state index contributed by atoms with van der Waals surface area (Å²) in [5.74, 6) is -2.37. The van der Waals surface area contributed by atoms with Crippen molar-refractivity contribution in [2.24, 2.45) is 0 Å². The molecule has 1 aliphatic heterocycles. The Balaban J connectivity index is 1.89. The monoisotopic (exact) mass is 297 g/mol. The molecular weight excluding hydrogens is 276 g/mol. The van der Waals surface area contributed by atoms with E-state index in [-0.39, 0.29) is 6.04 Å². The first-order valence-corrected chi connectivity index (χ1v) is 7.14. The molecule has 1 aromatic carbocycles. The van der Waals surface area contributed by atoms with Crippen molar-refractivity contribution in [2.75, 3.05) is 39.8 Å². The van der Waals surface area contributed by atoms with Gasteiger partial charge in [-0.25, -0.2) is 8.78 Å². The normalized spacial score (nSPS) is 18.5. The number of nitrogens with zero attached hydrogens (tertiary/aromatic N) is 2. The van der Waals surface area contributed by atoms with Crippen molar-refractivity contribution in [3.8, 4) is 0 Å². The molecule has 1 fully saturated rings. The largest absolute Gasteiger partial charge is 0.350 e. The SMILES string of the molecule is C[C@H](CNC(=O)c1c(F)cccc1F)N1CCN(C)CC1. The summed E-state index contributed by atoms with van der Waals surface area (Å²) in [4.78, 5) is 16.4. The summed E-state index contributed by atoms with van der Waals surface area (Å²) in [6, 6.07) is 3.55. The minimum atomic E-state index is -0.834. The highest BCUT2D eigenvalue weighted by Gasteiger charge is 2.21. The van der Waals surface area contributed by atoms with Crippen LogP contribution in [0.2, 0.25) is 0 Å². The number of likely N-dealkylation sites (N-methyl/N-ethyl adjacent to an activating group) is 1. The smallest absolute Gasteiger partial charge is 0.257 e. The molecule has 0 saturated carbocycles. The number of nitrogens with one attached hydrogen (secondary N) is 1. The van der Waals surface area contributed by atoms with Crippen LogP contribution in [-0.2, 0) is 0 Å². The molecule has 0 bridgehead atoms. The van der Waals surface area contributed by atoms with E-state index in [1.165, 1.54) is 6.07 Å². The number of carbonyl (C=O) groups excluding carboxylic acids is 1. The number of rotatable bonds is 4. The lowest BCUT2D eigenvalue weighted by molar-refractivity contribution is 0.0896. The van der Waals surface area contributed by atoms with Crippen LogP contribution < -0.4 is 5.32 Å². The lowest BCUT2D eigenvalue weighted by Crippen LogP contribution is -2.51. The molecule has 1 amide bonds. The Kier molecular flexibility index (Phi) is 5.25. The van der Waals surface area contributed by atoms with Gasteiger partial charge in [-0.2, -0.15) is 0 Å². The maximum absolute atomic E-state index is 13.5. The third kappa shape index (κ3) is 3.98. The van der Waals surface area contributed by atoms with E-state index in [2.05, 4.69) is 22.2 Å². The van der Waals surface area contributed by atoms with Crippen LogP contribution >= 0.6 is 0 Å². The Bertz CT molecular complexity index is 481. The molecule has 1 saturated heterocycles. The summed E-state index contributed by atoms with van der Waals surface area (Å²) < 4.78 is 27.0. The van der Waals surface area contributed by atoms with Crippen molar-refractivity contribution < 1.29 is 13.6 Å². The van der Waals surface area contributed by atoms with Crippen LogP contribution in [0, 0.1) is 11.6 Å². The first-order chi connectivity index (χ1) is 9.99. The predicted molar refractivity (Wildman–Crippen MR) is 77.2 cm³/mol. The van der Waals surface area contributed by atoms with Gasteiger partial charge in [0.2, 0.25) is 0 Å². The van der Waals surface area contributed by atoms with Crippen molar-refractivity contribution in [2.45, 2.75) is 13.0 Å². The zero-order chi connectivity index (χ0) is 15.4. The van der Waals surface area contributed by atoms with Gasteiger partial charge >= 0.3 is 0 Å². The van der Waals surface area contributed by atoms with Gasteiger partial charge in [-0.15, -0.1) is 0 Å². The maximum Gasteiger partial charge on any atom is 0.257 e. The highest BCUT2D eigenvalue weighted by atomic mass is 19.1. The minimum absolute atomic E-state index is 0.137. The van der Waals surface area contributed by atoms with Crippen LogP contribution in [0.3, 0.4) is 0 Å². The summed E-state index contributed by atoms with van der Waals surface area (Å²) in [6.07, 6.45) is 0. The zero-order valence-corrected chi connectivity index (χ0v) is 12.4. The molecule has 0 spiro atoms. The van der Waals surface area contributed by atoms with Gasteiger partial charge in [0.15, 0.2) is 0 Å². The van der Waals surface area contributed by atoms with Crippen molar-refractivity contribution >= 4 is 5.91 Å². The molecule has 4 nitrogen and oxygen atoms in total. The van der Waals surface area contributed by atoms with Crippen molar-refractivity contribution in [3.63, 3.8) is 0 Å². The number of carbonyl (C=O) groups is 1. The lowest BCUT2D eigenvalue weighted by atomic mass is 10.1. The van der Waals surface area contributed by atoms with Crippen LogP contribution in [0.1, 0.15) is 17.3 Å². The fourth-order valence-corrected chi connectivity index (χ4v) is 2.44. The van der Waals surface area contributed by atoms with Crippen LogP contribution in [0.5, 0.6) is 0 Å². The number of amides is 1. The Labute approximate surface area is 123 Å². The van der Waals surface area contributed by atoms with Crippen LogP contribution in [0.25, 0.3) is 0 Å². The highest BCUT2D eigenvalue weighted by molar-refractivity contribution is 5.94. The summed E-state index contributed by atoms with van der Waals surface area (Å²) >= 11 is 0. The van der Waals surface area contributed by atoms with E-state index < -0.39 is 23.1 Å². The van der Waals surface area contributed by atoms with E-state index in [1.54, 1.807) is 0 Å². The zero-order valence-electron chi connectivity index (χ0n) is 12.4. The minimum Gasteiger partial charge on any atom is -0.350 e. The van der Waals surface area contributed by atoms with E-state index in [9.17, 15) is 13.6 Å². The first kappa shape index (κ1) is 15.9. The summed E-state index contributed by atoms with van der Waals surface area (Å²) in [5.41, 5.74) is -0.511. The molecule has 1 aromatic rings. The molecule has 0 unspecified atom stereocenters. The second kappa shape index (κ2) is 6.95. The molecular formula is C15H21F2N3O. The molecule has 1 atom stereocenters. The summed E-state index contributed by atoms with van der Waals surface area (Å²) in [5, 5.41) is 2.61. The van der Waals surface area contributed by atoms with Gasteiger partial charge in [-0.3, -0.25) is 9.69 Å². The quantitative estimate of drug-likeness (QED) is 0.911. The van der Waals surface area contributed by atoms with Gasteiger partial charge in [0.25, 0.3) is 5.91 Å². The number of hydrogen-bond donors (Lipinski definition) is 1. The third-order valence-electron chi connectivity index (χ3n) is 3.91. The molecule has 6 heteroatoms. The van der Waals surface area contributed by atoms with Gasteiger partial charge in [0.1, 0.15) is 17.2 Å². The Morgan fingerprint density at radius 2 is 1.81 bits per heavy atom. The average molecular weight is 297 g/mol. The fraction of sp³-hybridized carbons (Fsp3) is 0.533. The Hall–Kier alpha value is -1.53. The van der Waals surface area contributed by atoms with E-state index in [0.29, 0.717) is 6.54 Å². The second-order valence-electron chi connectivity index (χ2n) is 5.49. The van der Waals surface area contributed by atoms with Gasteiger partial charge in [0, 0.05) is 38.8 Å². The molecule has 1 N–H and O–H groups in total. The molecule has 1 heterocycles. The van der Waals surface area contributed by atoms with Gasteiger partial charge in [-0.1, -0.05) is 6.07 Å². The molecule has 1 aliphatic rings. The lowest BCUT2D eigenvalue weighted by Gasteiger charge is -2.36. The highest BCUT2D eigenvalue weighted by Crippen LogP contribution is 2.12. The summed E-state index contributed by atoms with van der Waals surface area (Å²) in [7, 11) is 2.07. The Morgan fingerprint density at radius 3 is 2.38 bits per heavy atom. The second-order valence-corrected chi connectivity index (χ2v) is 5.49. The number of piperazine rings is 1. The van der Waals surface area contributed by atoms with Gasteiger partial charge in [0.05, 0.1) is 0 Å². The Morgan fingerprint density at radius 1 is 1.24 bits per heavy atom. The molecule has 21 heavy (non-hydrogen) atoms. The molecule has 0 radical (unpaired) electrons. The third-order valence-corrected chi connectivity index (χ3v) is 3.91. The van der Waals surface area contributed by atoms with Crippen LogP contribution in [0.15, 0.2) is 18.2 Å². The van der Waals surface area contributed by atoms with E-state index in [0.717, 1.165) is 38.3 Å². The van der Waals surface area contributed by atoms with Gasteiger partial charge in [-0.05, 0) is 26.1 Å². The number of benzene rings is 1. The predicted octanol–water partition coefficient (Wildman–Crippen LogP) is 1.33. The van der Waals surface area contributed by atoms with Crippen LogP contribution in [0.4, 0.5) is 8.78 Å². The maximum atomic E-state index is 13.5. The molecule has 116 valence electrons. The van der Waals surface area contributed by atoms with Crippen molar-refractivity contribution in [1.29, 1.82) is 0 Å².